The number of ether oxygens (including phenoxy) is 2. The largest absolute Gasteiger partial charge is 0.497 e. The van der Waals surface area contributed by atoms with E-state index in [1.165, 1.54) is 0 Å². The van der Waals surface area contributed by atoms with E-state index in [1.807, 2.05) is 40.8 Å². The molecule has 2 atom stereocenters. The molecule has 0 aliphatic carbocycles. The fourth-order valence-electron chi connectivity index (χ4n) is 3.97. The van der Waals surface area contributed by atoms with E-state index in [4.69, 9.17) is 21.1 Å². The molecule has 0 bridgehead atoms. The Labute approximate surface area is 180 Å². The van der Waals surface area contributed by atoms with Crippen LogP contribution in [0.25, 0.3) is 11.0 Å². The van der Waals surface area contributed by atoms with E-state index in [0.29, 0.717) is 24.1 Å². The summed E-state index contributed by atoms with van der Waals surface area (Å²) in [5.74, 6) is 1.72. The van der Waals surface area contributed by atoms with Crippen molar-refractivity contribution in [2.45, 2.75) is 25.8 Å². The van der Waals surface area contributed by atoms with Crippen molar-refractivity contribution in [2.24, 2.45) is 13.0 Å². The summed E-state index contributed by atoms with van der Waals surface area (Å²) in [6.07, 6.45) is 3.02. The van der Waals surface area contributed by atoms with Gasteiger partial charge in [0.2, 0.25) is 11.8 Å². The van der Waals surface area contributed by atoms with Gasteiger partial charge in [-0.3, -0.25) is 4.79 Å². The van der Waals surface area contributed by atoms with Crippen molar-refractivity contribution in [3.8, 4) is 11.6 Å². The quantitative estimate of drug-likeness (QED) is 0.532. The van der Waals surface area contributed by atoms with E-state index >= 15 is 0 Å². The lowest BCUT2D eigenvalue weighted by Crippen LogP contribution is -2.28. The van der Waals surface area contributed by atoms with Gasteiger partial charge in [0.25, 0.3) is 0 Å². The van der Waals surface area contributed by atoms with Gasteiger partial charge in [-0.05, 0) is 37.0 Å². The van der Waals surface area contributed by atoms with Crippen molar-refractivity contribution in [3.05, 3.63) is 47.4 Å². The van der Waals surface area contributed by atoms with Gasteiger partial charge in [0.15, 0.2) is 0 Å². The van der Waals surface area contributed by atoms with Crippen LogP contribution >= 0.6 is 11.6 Å². The average molecular weight is 429 g/mol. The molecule has 3 heterocycles. The molecule has 4 rings (SSSR count). The highest BCUT2D eigenvalue weighted by Gasteiger charge is 2.33. The molecule has 0 N–H and O–H groups in total. The number of amides is 1. The van der Waals surface area contributed by atoms with Crippen LogP contribution in [-0.2, 0) is 11.8 Å². The summed E-state index contributed by atoms with van der Waals surface area (Å²) in [5.41, 5.74) is 2.67. The van der Waals surface area contributed by atoms with Crippen LogP contribution in [0.4, 0.5) is 0 Å². The number of carbonyl (C=O) groups excluding carboxylic acids is 1. The van der Waals surface area contributed by atoms with E-state index in [2.05, 4.69) is 16.9 Å². The first-order valence-corrected chi connectivity index (χ1v) is 10.4. The van der Waals surface area contributed by atoms with Gasteiger partial charge in [0.1, 0.15) is 16.4 Å². The monoisotopic (exact) mass is 428 g/mol. The predicted molar refractivity (Wildman–Crippen MR) is 115 cm³/mol. The molecule has 0 spiro atoms. The lowest BCUT2D eigenvalue weighted by molar-refractivity contribution is -0.129. The molecule has 0 radical (unpaired) electrons. The van der Waals surface area contributed by atoms with Crippen molar-refractivity contribution in [1.82, 2.24) is 19.4 Å². The van der Waals surface area contributed by atoms with Gasteiger partial charge >= 0.3 is 0 Å². The number of halogens is 1. The Balaban J connectivity index is 1.36. The van der Waals surface area contributed by atoms with Gasteiger partial charge in [-0.25, -0.2) is 4.98 Å². The van der Waals surface area contributed by atoms with Crippen LogP contribution in [0.5, 0.6) is 11.6 Å². The SMILES string of the molecule is COc1ccc([C@@H](C)N2C[C@H](CCOc3nc(Cl)cc4ncn(C)c34)CC2=O)cc1. The van der Waals surface area contributed by atoms with Gasteiger partial charge in [-0.2, -0.15) is 4.98 Å². The minimum atomic E-state index is 0.0259. The van der Waals surface area contributed by atoms with Crippen LogP contribution in [0.15, 0.2) is 36.7 Å². The van der Waals surface area contributed by atoms with Crippen molar-refractivity contribution in [2.75, 3.05) is 20.3 Å². The van der Waals surface area contributed by atoms with Gasteiger partial charge < -0.3 is 18.9 Å². The third-order valence-corrected chi connectivity index (χ3v) is 5.89. The van der Waals surface area contributed by atoms with Crippen LogP contribution in [0.1, 0.15) is 31.4 Å². The van der Waals surface area contributed by atoms with E-state index < -0.39 is 0 Å². The van der Waals surface area contributed by atoms with Crippen LogP contribution in [0.3, 0.4) is 0 Å². The summed E-state index contributed by atoms with van der Waals surface area (Å²) >= 11 is 6.09. The molecule has 0 unspecified atom stereocenters. The maximum absolute atomic E-state index is 12.6. The van der Waals surface area contributed by atoms with Crippen molar-refractivity contribution >= 4 is 28.5 Å². The molecule has 1 aromatic carbocycles. The molecular weight excluding hydrogens is 404 g/mol. The lowest BCUT2D eigenvalue weighted by Gasteiger charge is -2.25. The Bertz CT molecular complexity index is 1050. The molecule has 158 valence electrons. The molecule has 8 heteroatoms. The Morgan fingerprint density at radius 2 is 2.07 bits per heavy atom. The Hall–Kier alpha value is -2.80. The Morgan fingerprint density at radius 3 is 2.80 bits per heavy atom. The van der Waals surface area contributed by atoms with E-state index in [-0.39, 0.29) is 17.9 Å². The number of nitrogens with zero attached hydrogens (tertiary/aromatic N) is 4. The summed E-state index contributed by atoms with van der Waals surface area (Å²) in [7, 11) is 3.54. The summed E-state index contributed by atoms with van der Waals surface area (Å²) in [5, 5.41) is 0.353. The fourth-order valence-corrected chi connectivity index (χ4v) is 4.15. The minimum Gasteiger partial charge on any atom is -0.497 e. The zero-order valence-corrected chi connectivity index (χ0v) is 18.1. The number of hydrogen-bond donors (Lipinski definition) is 0. The number of methoxy groups -OCH3 is 1. The number of imidazole rings is 1. The predicted octanol–water partition coefficient (Wildman–Crippen LogP) is 4.01. The normalized spacial score (nSPS) is 17.5. The number of fused-ring (bicyclic) bond motifs is 1. The maximum atomic E-state index is 12.6. The highest BCUT2D eigenvalue weighted by molar-refractivity contribution is 6.30. The summed E-state index contributed by atoms with van der Waals surface area (Å²) < 4.78 is 13.0. The highest BCUT2D eigenvalue weighted by atomic mass is 35.5. The maximum Gasteiger partial charge on any atom is 0.241 e. The average Bonchev–Trinajstić information content (AvgIpc) is 3.29. The first kappa shape index (κ1) is 20.5. The van der Waals surface area contributed by atoms with Crippen LogP contribution in [-0.4, -0.2) is 45.6 Å². The molecule has 30 heavy (non-hydrogen) atoms. The summed E-state index contributed by atoms with van der Waals surface area (Å²) in [6.45, 7) is 3.25. The highest BCUT2D eigenvalue weighted by Crippen LogP contribution is 2.31. The molecular formula is C22H25ClN4O3. The smallest absolute Gasteiger partial charge is 0.241 e. The van der Waals surface area contributed by atoms with Crippen molar-refractivity contribution in [3.63, 3.8) is 0 Å². The summed E-state index contributed by atoms with van der Waals surface area (Å²) in [4.78, 5) is 23.2. The van der Waals surface area contributed by atoms with Gasteiger partial charge in [0, 0.05) is 26.1 Å². The van der Waals surface area contributed by atoms with Crippen molar-refractivity contribution < 1.29 is 14.3 Å². The van der Waals surface area contributed by atoms with Gasteiger partial charge in [-0.15, -0.1) is 0 Å². The molecule has 0 saturated carbocycles. The topological polar surface area (TPSA) is 69.5 Å². The molecule has 1 fully saturated rings. The molecule has 1 saturated heterocycles. The molecule has 1 aliphatic heterocycles. The second-order valence-corrected chi connectivity index (χ2v) is 8.06. The second-order valence-electron chi connectivity index (χ2n) is 7.68. The number of aromatic nitrogens is 3. The third-order valence-electron chi connectivity index (χ3n) is 5.70. The molecule has 2 aromatic heterocycles. The summed E-state index contributed by atoms with van der Waals surface area (Å²) in [6, 6.07) is 9.62. The standard InChI is InChI=1S/C22H25ClN4O3/c1-14(16-4-6-17(29-3)7-5-16)27-12-15(10-20(27)28)8-9-30-22-21-18(11-19(23)25-22)24-13-26(21)2/h4-7,11,13-15H,8-10,12H2,1-3H3/t14-,15-/m1/s1. The zero-order valence-electron chi connectivity index (χ0n) is 17.3. The number of carbonyl (C=O) groups is 1. The minimum absolute atomic E-state index is 0.0259. The number of likely N-dealkylation sites (tertiary alicyclic amines) is 1. The van der Waals surface area contributed by atoms with E-state index in [0.717, 1.165) is 35.3 Å². The lowest BCUT2D eigenvalue weighted by atomic mass is 10.1. The zero-order chi connectivity index (χ0) is 21.3. The van der Waals surface area contributed by atoms with Crippen LogP contribution < -0.4 is 9.47 Å². The van der Waals surface area contributed by atoms with Gasteiger partial charge in [-0.1, -0.05) is 23.7 Å². The molecule has 3 aromatic rings. The molecule has 7 nitrogen and oxygen atoms in total. The molecule has 1 amide bonds. The van der Waals surface area contributed by atoms with Crippen LogP contribution in [0, 0.1) is 5.92 Å². The number of rotatable bonds is 7. The number of benzene rings is 1. The van der Waals surface area contributed by atoms with Gasteiger partial charge in [0.05, 0.1) is 31.6 Å². The fraction of sp³-hybridized carbons (Fsp3) is 0.409. The van der Waals surface area contributed by atoms with E-state index in [9.17, 15) is 4.79 Å². The second kappa shape index (κ2) is 8.52. The van der Waals surface area contributed by atoms with Crippen molar-refractivity contribution in [1.29, 1.82) is 0 Å². The third kappa shape index (κ3) is 4.07. The van der Waals surface area contributed by atoms with Crippen LogP contribution in [0.2, 0.25) is 5.15 Å². The number of pyridine rings is 1. The molecule has 1 aliphatic rings. The number of aryl methyl sites for hydroxylation is 1. The first-order valence-electron chi connectivity index (χ1n) is 10.00. The first-order chi connectivity index (χ1) is 14.5. The Kier molecular flexibility index (Phi) is 5.81. The Morgan fingerprint density at radius 1 is 1.30 bits per heavy atom. The van der Waals surface area contributed by atoms with E-state index in [1.54, 1.807) is 19.5 Å². The number of hydrogen-bond acceptors (Lipinski definition) is 5.